The van der Waals surface area contributed by atoms with Gasteiger partial charge < -0.3 is 24.4 Å². The van der Waals surface area contributed by atoms with Crippen LogP contribution in [0.3, 0.4) is 0 Å². The summed E-state index contributed by atoms with van der Waals surface area (Å²) < 4.78 is 32.2. The number of hydrogen-bond donors (Lipinski definition) is 1. The highest BCUT2D eigenvalue weighted by molar-refractivity contribution is 5.50. The molecule has 1 spiro atoms. The van der Waals surface area contributed by atoms with Crippen molar-refractivity contribution in [3.05, 3.63) is 59.4 Å². The first-order chi connectivity index (χ1) is 18.1. The summed E-state index contributed by atoms with van der Waals surface area (Å²) in [6.45, 7) is 13.9. The van der Waals surface area contributed by atoms with E-state index < -0.39 is 0 Å². The molecule has 7 heteroatoms. The van der Waals surface area contributed by atoms with Crippen LogP contribution in [0.5, 0.6) is 5.75 Å². The Hall–Kier alpha value is -2.66. The number of nitrogens with zero attached hydrogens (tertiary/aromatic N) is 2. The maximum absolute atomic E-state index is 14.5. The van der Waals surface area contributed by atoms with Gasteiger partial charge in [-0.25, -0.2) is 4.39 Å². The summed E-state index contributed by atoms with van der Waals surface area (Å²) in [5.41, 5.74) is 2.34. The minimum Gasteiger partial charge on any atom is -0.494 e. The molecular weight excluding hydrogens is 481 g/mol. The number of piperidine rings is 1. The van der Waals surface area contributed by atoms with Gasteiger partial charge in [0.2, 0.25) is 0 Å². The maximum atomic E-state index is 14.5. The average Bonchev–Trinajstić information content (AvgIpc) is 2.90. The Kier molecular flexibility index (Phi) is 8.66. The van der Waals surface area contributed by atoms with Gasteiger partial charge >= 0.3 is 0 Å². The van der Waals surface area contributed by atoms with Gasteiger partial charge in [-0.05, 0) is 78.7 Å². The monoisotopic (exact) mass is 523 g/mol. The smallest absolute Gasteiger partial charge is 0.165 e. The van der Waals surface area contributed by atoms with Crippen molar-refractivity contribution in [2.75, 3.05) is 44.9 Å². The Bertz CT molecular complexity index is 1110. The van der Waals surface area contributed by atoms with E-state index in [1.807, 2.05) is 30.3 Å². The summed E-state index contributed by atoms with van der Waals surface area (Å²) in [5.74, 6) is -0.138. The second kappa shape index (κ2) is 11.6. The Labute approximate surface area is 227 Å². The van der Waals surface area contributed by atoms with Crippen molar-refractivity contribution in [2.24, 2.45) is 16.2 Å². The van der Waals surface area contributed by atoms with Gasteiger partial charge in [-0.3, -0.25) is 0 Å². The molecule has 2 aromatic rings. The van der Waals surface area contributed by atoms with Crippen LogP contribution in [0, 0.1) is 33.4 Å². The zero-order chi connectivity index (χ0) is 27.4. The summed E-state index contributed by atoms with van der Waals surface area (Å²) in [6, 6.07) is 14.9. The van der Waals surface area contributed by atoms with Crippen LogP contribution < -0.4 is 15.0 Å². The number of hydrogen-bond acceptors (Lipinski definition) is 6. The second-order valence-electron chi connectivity index (χ2n) is 12.3. The molecule has 2 saturated heterocycles. The van der Waals surface area contributed by atoms with E-state index in [0.29, 0.717) is 12.1 Å². The fraction of sp³-hybridized carbons (Fsp3) is 0.581. The predicted molar refractivity (Wildman–Crippen MR) is 148 cm³/mol. The highest BCUT2D eigenvalue weighted by atomic mass is 19.1. The molecule has 0 radical (unpaired) electrons. The van der Waals surface area contributed by atoms with Crippen LogP contribution >= 0.6 is 0 Å². The fourth-order valence-corrected chi connectivity index (χ4v) is 5.39. The first kappa shape index (κ1) is 28.4. The zero-order valence-corrected chi connectivity index (χ0v) is 23.5. The second-order valence-corrected chi connectivity index (χ2v) is 12.3. The summed E-state index contributed by atoms with van der Waals surface area (Å²) in [5, 5.41) is 12.7. The molecule has 206 valence electrons. The molecule has 0 aliphatic carbocycles. The molecule has 38 heavy (non-hydrogen) atoms. The molecule has 0 amide bonds. The lowest BCUT2D eigenvalue weighted by atomic mass is 9.65. The lowest BCUT2D eigenvalue weighted by Crippen LogP contribution is -2.50. The van der Waals surface area contributed by atoms with E-state index in [4.69, 9.17) is 14.2 Å². The normalized spacial score (nSPS) is 18.2. The topological polar surface area (TPSA) is 66.8 Å². The predicted octanol–water partition coefficient (Wildman–Crippen LogP) is 5.90. The number of ether oxygens (including phenoxy) is 3. The highest BCUT2D eigenvalue weighted by Crippen LogP contribution is 2.45. The number of nitriles is 1. The summed E-state index contributed by atoms with van der Waals surface area (Å²) in [4.78, 5) is 2.26. The first-order valence-electron chi connectivity index (χ1n) is 13.6. The molecular formula is C31H42FN3O3. The van der Waals surface area contributed by atoms with E-state index >= 15 is 0 Å². The van der Waals surface area contributed by atoms with Crippen LogP contribution in [0.15, 0.2) is 42.5 Å². The van der Waals surface area contributed by atoms with Gasteiger partial charge in [0.05, 0.1) is 32.0 Å². The molecule has 2 fully saturated rings. The molecule has 0 aromatic heterocycles. The van der Waals surface area contributed by atoms with Crippen molar-refractivity contribution in [3.8, 4) is 11.8 Å². The quantitative estimate of drug-likeness (QED) is 0.442. The highest BCUT2D eigenvalue weighted by Gasteiger charge is 2.44. The Morgan fingerprint density at radius 1 is 1.05 bits per heavy atom. The fourth-order valence-electron chi connectivity index (χ4n) is 5.39. The SMILES string of the molecule is COc1ccc(CN(CC(C)(C)C(C)(C)CC2OCC3(CCNCC3)CO2)c2ccc(C#N)cc2)cc1F. The van der Waals surface area contributed by atoms with E-state index in [1.54, 1.807) is 6.07 Å². The van der Waals surface area contributed by atoms with Crippen LogP contribution in [0.4, 0.5) is 10.1 Å². The van der Waals surface area contributed by atoms with Gasteiger partial charge in [0.15, 0.2) is 17.9 Å². The van der Waals surface area contributed by atoms with Crippen LogP contribution in [-0.4, -0.2) is 46.2 Å². The molecule has 1 N–H and O–H groups in total. The van der Waals surface area contributed by atoms with Crippen molar-refractivity contribution in [1.82, 2.24) is 5.32 Å². The van der Waals surface area contributed by atoms with E-state index in [-0.39, 0.29) is 34.1 Å². The summed E-state index contributed by atoms with van der Waals surface area (Å²) >= 11 is 0. The molecule has 2 aromatic carbocycles. The van der Waals surface area contributed by atoms with E-state index in [9.17, 15) is 9.65 Å². The molecule has 6 nitrogen and oxygen atoms in total. The lowest BCUT2D eigenvalue weighted by Gasteiger charge is -2.48. The zero-order valence-electron chi connectivity index (χ0n) is 23.5. The van der Waals surface area contributed by atoms with Crippen molar-refractivity contribution in [2.45, 2.75) is 59.8 Å². The largest absolute Gasteiger partial charge is 0.494 e. The molecule has 0 bridgehead atoms. The summed E-state index contributed by atoms with van der Waals surface area (Å²) in [6.07, 6.45) is 2.76. The molecule has 2 heterocycles. The number of methoxy groups -OCH3 is 1. The van der Waals surface area contributed by atoms with E-state index in [0.717, 1.165) is 63.4 Å². The third kappa shape index (κ3) is 6.48. The minimum absolute atomic E-state index is 0.119. The van der Waals surface area contributed by atoms with Crippen molar-refractivity contribution in [1.29, 1.82) is 5.26 Å². The average molecular weight is 524 g/mol. The molecule has 4 rings (SSSR count). The van der Waals surface area contributed by atoms with Gasteiger partial charge in [-0.15, -0.1) is 0 Å². The Balaban J connectivity index is 1.49. The van der Waals surface area contributed by atoms with Crippen LogP contribution in [0.2, 0.25) is 0 Å². The van der Waals surface area contributed by atoms with Crippen LogP contribution in [0.25, 0.3) is 0 Å². The first-order valence-corrected chi connectivity index (χ1v) is 13.6. The maximum Gasteiger partial charge on any atom is 0.165 e. The van der Waals surface area contributed by atoms with Gasteiger partial charge in [0.1, 0.15) is 0 Å². The molecule has 0 saturated carbocycles. The van der Waals surface area contributed by atoms with Gasteiger partial charge in [0.25, 0.3) is 0 Å². The Morgan fingerprint density at radius 2 is 1.71 bits per heavy atom. The van der Waals surface area contributed by atoms with Crippen molar-refractivity contribution in [3.63, 3.8) is 0 Å². The molecule has 2 aliphatic rings. The third-order valence-corrected chi connectivity index (χ3v) is 8.86. The van der Waals surface area contributed by atoms with Crippen molar-refractivity contribution >= 4 is 5.69 Å². The standard InChI is InChI=1S/C31H42FN3O3/c1-29(2,17-28-37-21-31(22-38-28)12-14-34-15-13-31)30(3,4)20-35(25-9-6-23(18-33)7-10-25)19-24-8-11-27(36-5)26(32)16-24/h6-11,16,28,34H,12-15,17,19-22H2,1-5H3. The van der Waals surface area contributed by atoms with Gasteiger partial charge in [0, 0.05) is 30.6 Å². The minimum atomic E-state index is -0.373. The number of halogens is 1. The van der Waals surface area contributed by atoms with Crippen molar-refractivity contribution < 1.29 is 18.6 Å². The molecule has 2 aliphatic heterocycles. The van der Waals surface area contributed by atoms with Crippen LogP contribution in [0.1, 0.15) is 58.1 Å². The van der Waals surface area contributed by atoms with Crippen LogP contribution in [-0.2, 0) is 16.0 Å². The van der Waals surface area contributed by atoms with E-state index in [1.165, 1.54) is 13.2 Å². The summed E-state index contributed by atoms with van der Waals surface area (Å²) in [7, 11) is 1.47. The van der Waals surface area contributed by atoms with Gasteiger partial charge in [-0.2, -0.15) is 5.26 Å². The van der Waals surface area contributed by atoms with E-state index in [2.05, 4.69) is 44.0 Å². The lowest BCUT2D eigenvalue weighted by molar-refractivity contribution is -0.248. The number of benzene rings is 2. The molecule has 0 unspecified atom stereocenters. The number of nitrogens with one attached hydrogen (secondary N) is 1. The number of rotatable bonds is 9. The number of anilines is 1. The Morgan fingerprint density at radius 3 is 2.29 bits per heavy atom. The molecule has 0 atom stereocenters. The third-order valence-electron chi connectivity index (χ3n) is 8.86. The van der Waals surface area contributed by atoms with Gasteiger partial charge in [-0.1, -0.05) is 33.8 Å².